The van der Waals surface area contributed by atoms with Gasteiger partial charge in [0.1, 0.15) is 12.4 Å². The van der Waals surface area contributed by atoms with Crippen LogP contribution in [0.25, 0.3) is 0 Å². The van der Waals surface area contributed by atoms with E-state index in [-0.39, 0.29) is 16.3 Å². The summed E-state index contributed by atoms with van der Waals surface area (Å²) in [6, 6.07) is 16.3. The molecule has 9 nitrogen and oxygen atoms in total. The van der Waals surface area contributed by atoms with Crippen LogP contribution < -0.4 is 9.73 Å². The van der Waals surface area contributed by atoms with Gasteiger partial charge in [-0.15, -0.1) is 0 Å². The van der Waals surface area contributed by atoms with Crippen molar-refractivity contribution in [3.05, 3.63) is 99.9 Å². The number of nitrogens with one attached hydrogen (secondary N) is 1. The van der Waals surface area contributed by atoms with Gasteiger partial charge in [0.25, 0.3) is 21.6 Å². The molecule has 0 saturated heterocycles. The molecule has 3 aromatic carbocycles. The van der Waals surface area contributed by atoms with Gasteiger partial charge in [-0.05, 0) is 61.0 Å². The molecule has 0 heterocycles. The van der Waals surface area contributed by atoms with E-state index in [4.69, 9.17) is 0 Å². The van der Waals surface area contributed by atoms with Gasteiger partial charge in [0.15, 0.2) is 0 Å². The van der Waals surface area contributed by atoms with Crippen molar-refractivity contribution in [2.24, 2.45) is 5.10 Å². The maximum Gasteiger partial charge on any atom is 0.269 e. The van der Waals surface area contributed by atoms with E-state index in [1.807, 2.05) is 6.92 Å². The van der Waals surface area contributed by atoms with Crippen molar-refractivity contribution in [1.29, 1.82) is 0 Å². The third-order valence-corrected chi connectivity index (χ3v) is 6.31. The number of benzene rings is 3. The van der Waals surface area contributed by atoms with Gasteiger partial charge in [0, 0.05) is 12.1 Å². The highest BCUT2D eigenvalue weighted by Gasteiger charge is 2.27. The summed E-state index contributed by atoms with van der Waals surface area (Å²) >= 11 is 0. The molecule has 0 aliphatic carbocycles. The normalized spacial score (nSPS) is 11.3. The highest BCUT2D eigenvalue weighted by molar-refractivity contribution is 7.92. The van der Waals surface area contributed by atoms with E-state index >= 15 is 0 Å². The molecule has 1 amide bonds. The average Bonchev–Trinajstić information content (AvgIpc) is 2.79. The van der Waals surface area contributed by atoms with Gasteiger partial charge in [-0.2, -0.15) is 5.10 Å². The predicted molar refractivity (Wildman–Crippen MR) is 121 cm³/mol. The lowest BCUT2D eigenvalue weighted by atomic mass is 10.2. The number of nitro benzene ring substituents is 1. The Kier molecular flexibility index (Phi) is 7.13. The monoisotopic (exact) mass is 470 g/mol. The van der Waals surface area contributed by atoms with Gasteiger partial charge >= 0.3 is 0 Å². The SMILES string of the molecule is Cc1ccc(N(CC(=O)N/N=C\c2ccc([N+](=O)[O-])cc2)S(=O)(=O)c2ccc(F)cc2)cc1. The van der Waals surface area contributed by atoms with Crippen molar-refractivity contribution in [3.8, 4) is 0 Å². The van der Waals surface area contributed by atoms with Crippen molar-refractivity contribution in [3.63, 3.8) is 0 Å². The van der Waals surface area contributed by atoms with Crippen LogP contribution in [0, 0.1) is 22.9 Å². The van der Waals surface area contributed by atoms with Gasteiger partial charge in [0.2, 0.25) is 0 Å². The van der Waals surface area contributed by atoms with Crippen LogP contribution >= 0.6 is 0 Å². The maximum absolute atomic E-state index is 13.3. The number of nitrogens with zero attached hydrogens (tertiary/aromatic N) is 3. The molecule has 0 radical (unpaired) electrons. The number of rotatable bonds is 8. The summed E-state index contributed by atoms with van der Waals surface area (Å²) in [4.78, 5) is 22.5. The first-order valence-corrected chi connectivity index (χ1v) is 11.0. The zero-order valence-corrected chi connectivity index (χ0v) is 18.2. The van der Waals surface area contributed by atoms with Crippen LogP contribution in [0.2, 0.25) is 0 Å². The Bertz CT molecular complexity index is 1280. The van der Waals surface area contributed by atoms with Gasteiger partial charge < -0.3 is 0 Å². The number of hydrogen-bond donors (Lipinski definition) is 1. The van der Waals surface area contributed by atoms with Crippen molar-refractivity contribution in [2.45, 2.75) is 11.8 Å². The quantitative estimate of drug-likeness (QED) is 0.307. The lowest BCUT2D eigenvalue weighted by Gasteiger charge is -2.23. The van der Waals surface area contributed by atoms with Crippen molar-refractivity contribution < 1.29 is 22.5 Å². The van der Waals surface area contributed by atoms with E-state index in [1.54, 1.807) is 24.3 Å². The summed E-state index contributed by atoms with van der Waals surface area (Å²) < 4.78 is 40.5. The molecule has 3 rings (SSSR count). The average molecular weight is 470 g/mol. The molecular formula is C22H19FN4O5S. The molecule has 0 aliphatic heterocycles. The Morgan fingerprint density at radius 3 is 2.24 bits per heavy atom. The van der Waals surface area contributed by atoms with E-state index in [0.717, 1.165) is 34.1 Å². The van der Waals surface area contributed by atoms with E-state index in [1.165, 1.54) is 30.5 Å². The van der Waals surface area contributed by atoms with Crippen LogP contribution in [0.5, 0.6) is 0 Å². The Morgan fingerprint density at radius 2 is 1.67 bits per heavy atom. The van der Waals surface area contributed by atoms with Crippen LogP contribution in [-0.2, 0) is 14.8 Å². The van der Waals surface area contributed by atoms with E-state index in [2.05, 4.69) is 10.5 Å². The number of amides is 1. The van der Waals surface area contributed by atoms with E-state index in [9.17, 15) is 27.7 Å². The topological polar surface area (TPSA) is 122 Å². The van der Waals surface area contributed by atoms with Crippen LogP contribution in [0.1, 0.15) is 11.1 Å². The fourth-order valence-corrected chi connectivity index (χ4v) is 4.21. The molecule has 170 valence electrons. The molecule has 0 aliphatic rings. The van der Waals surface area contributed by atoms with Gasteiger partial charge in [0.05, 0.1) is 21.7 Å². The number of halogens is 1. The molecule has 0 bridgehead atoms. The molecule has 0 spiro atoms. The van der Waals surface area contributed by atoms with Crippen LogP contribution in [-0.4, -0.2) is 32.0 Å². The lowest BCUT2D eigenvalue weighted by molar-refractivity contribution is -0.384. The summed E-state index contributed by atoms with van der Waals surface area (Å²) in [5.74, 6) is -1.31. The van der Waals surface area contributed by atoms with E-state index in [0.29, 0.717) is 5.56 Å². The van der Waals surface area contributed by atoms with Crippen LogP contribution in [0.4, 0.5) is 15.8 Å². The summed E-state index contributed by atoms with van der Waals surface area (Å²) in [5.41, 5.74) is 3.80. The predicted octanol–water partition coefficient (Wildman–Crippen LogP) is 3.39. The largest absolute Gasteiger partial charge is 0.271 e. The fraction of sp³-hybridized carbons (Fsp3) is 0.0909. The number of non-ortho nitro benzene ring substituents is 1. The zero-order valence-electron chi connectivity index (χ0n) is 17.4. The summed E-state index contributed by atoms with van der Waals surface area (Å²) in [6.45, 7) is 1.25. The number of aryl methyl sites for hydroxylation is 1. The first kappa shape index (κ1) is 23.5. The maximum atomic E-state index is 13.3. The Hall–Kier alpha value is -4.12. The second-order valence-corrected chi connectivity index (χ2v) is 8.81. The Balaban J connectivity index is 1.79. The number of hydrogen-bond acceptors (Lipinski definition) is 6. The molecule has 33 heavy (non-hydrogen) atoms. The second kappa shape index (κ2) is 10.0. The molecule has 1 N–H and O–H groups in total. The van der Waals surface area contributed by atoms with Gasteiger partial charge in [-0.1, -0.05) is 17.7 Å². The molecular weight excluding hydrogens is 451 g/mol. The number of nitro groups is 1. The smallest absolute Gasteiger partial charge is 0.269 e. The number of carbonyl (C=O) groups excluding carboxylic acids is 1. The lowest BCUT2D eigenvalue weighted by Crippen LogP contribution is -2.39. The zero-order chi connectivity index (χ0) is 24.0. The van der Waals surface area contributed by atoms with E-state index < -0.39 is 33.2 Å². The number of carbonyl (C=O) groups is 1. The highest BCUT2D eigenvalue weighted by Crippen LogP contribution is 2.24. The Labute approximate surface area is 189 Å². The molecule has 0 aromatic heterocycles. The minimum atomic E-state index is -4.18. The minimum absolute atomic E-state index is 0.0871. The number of hydrazone groups is 1. The highest BCUT2D eigenvalue weighted by atomic mass is 32.2. The van der Waals surface area contributed by atoms with Crippen LogP contribution in [0.15, 0.2) is 82.8 Å². The molecule has 0 unspecified atom stereocenters. The third-order valence-electron chi connectivity index (χ3n) is 4.52. The second-order valence-electron chi connectivity index (χ2n) is 6.94. The summed E-state index contributed by atoms with van der Waals surface area (Å²) in [6.07, 6.45) is 1.27. The molecule has 0 fully saturated rings. The van der Waals surface area contributed by atoms with Gasteiger partial charge in [-0.3, -0.25) is 19.2 Å². The fourth-order valence-electron chi connectivity index (χ4n) is 2.79. The van der Waals surface area contributed by atoms with Crippen molar-refractivity contribution in [1.82, 2.24) is 5.43 Å². The standard InChI is InChI=1S/C22H19FN4O5S/c1-16-2-8-19(9-3-16)26(33(31,32)21-12-6-18(23)7-13-21)15-22(28)25-24-14-17-4-10-20(11-5-17)27(29)30/h2-14H,15H2,1H3,(H,25,28)/b24-14-. The minimum Gasteiger partial charge on any atom is -0.271 e. The summed E-state index contributed by atoms with van der Waals surface area (Å²) in [5, 5.41) is 14.5. The Morgan fingerprint density at radius 1 is 1.06 bits per heavy atom. The molecule has 0 atom stereocenters. The molecule has 3 aromatic rings. The molecule has 11 heteroatoms. The van der Waals surface area contributed by atoms with Crippen molar-refractivity contribution in [2.75, 3.05) is 10.8 Å². The van der Waals surface area contributed by atoms with Crippen LogP contribution in [0.3, 0.4) is 0 Å². The number of sulfonamides is 1. The first-order valence-electron chi connectivity index (χ1n) is 9.58. The third kappa shape index (κ3) is 5.98. The first-order chi connectivity index (χ1) is 15.7. The van der Waals surface area contributed by atoms with Gasteiger partial charge in [-0.25, -0.2) is 18.2 Å². The summed E-state index contributed by atoms with van der Waals surface area (Å²) in [7, 11) is -4.18. The van der Waals surface area contributed by atoms with Crippen molar-refractivity contribution >= 4 is 33.5 Å². The molecule has 0 saturated carbocycles. The number of anilines is 1.